The van der Waals surface area contributed by atoms with Crippen molar-refractivity contribution >= 4 is 34.3 Å². The Bertz CT molecular complexity index is 434. The number of hydrogen-bond acceptors (Lipinski definition) is 4. The maximum absolute atomic E-state index is 11.9. The molecular weight excluding hydrogens is 270 g/mol. The summed E-state index contributed by atoms with van der Waals surface area (Å²) in [6, 6.07) is 7.50. The number of hydrogen-bond donors (Lipinski definition) is 3. The number of carbonyl (C=O) groups excluding carboxylic acids is 1. The van der Waals surface area contributed by atoms with Crippen molar-refractivity contribution in [1.82, 2.24) is 5.32 Å². The van der Waals surface area contributed by atoms with Crippen LogP contribution >= 0.6 is 22.5 Å². The quantitative estimate of drug-likeness (QED) is 0.573. The molecule has 0 heterocycles. The van der Waals surface area contributed by atoms with Gasteiger partial charge in [0, 0.05) is 5.56 Å². The highest BCUT2D eigenvalue weighted by atomic mass is 33.1. The molecule has 98 valence electrons. The molecule has 18 heavy (non-hydrogen) atoms. The number of aliphatic carboxylic acids is 1. The summed E-state index contributed by atoms with van der Waals surface area (Å²) < 4.78 is -0.709. The highest BCUT2D eigenvalue weighted by molar-refractivity contribution is 8.69. The molecule has 6 heteroatoms. The van der Waals surface area contributed by atoms with Gasteiger partial charge in [-0.15, -0.1) is 11.7 Å². The standard InChI is InChI=1S/C12H15NO3S2/c1-12(2,18-17)9(11(15)16)13-10(14)8-6-4-3-5-7-8/h3-7,9,17H,1-2H3,(H,13,14)(H,15,16). The largest absolute Gasteiger partial charge is 0.480 e. The lowest BCUT2D eigenvalue weighted by atomic mass is 10.0. The van der Waals surface area contributed by atoms with E-state index in [0.717, 1.165) is 10.8 Å². The van der Waals surface area contributed by atoms with Crippen LogP contribution < -0.4 is 5.32 Å². The average molecular weight is 285 g/mol. The monoisotopic (exact) mass is 285 g/mol. The fourth-order valence-electron chi connectivity index (χ4n) is 1.39. The van der Waals surface area contributed by atoms with Crippen LogP contribution in [0.4, 0.5) is 0 Å². The normalized spacial score (nSPS) is 12.8. The molecule has 0 spiro atoms. The number of carboxylic acids is 1. The minimum Gasteiger partial charge on any atom is -0.480 e. The third-order valence-electron chi connectivity index (χ3n) is 2.49. The van der Waals surface area contributed by atoms with Gasteiger partial charge in [-0.25, -0.2) is 4.79 Å². The molecule has 0 fully saturated rings. The molecule has 4 nitrogen and oxygen atoms in total. The summed E-state index contributed by atoms with van der Waals surface area (Å²) in [7, 11) is 1.10. The van der Waals surface area contributed by atoms with Gasteiger partial charge in [0.15, 0.2) is 0 Å². The van der Waals surface area contributed by atoms with Crippen molar-refractivity contribution in [2.45, 2.75) is 24.6 Å². The number of carbonyl (C=O) groups is 2. The Kier molecular flexibility index (Phi) is 5.10. The van der Waals surface area contributed by atoms with Crippen LogP contribution in [0.2, 0.25) is 0 Å². The Hall–Kier alpha value is -1.14. The lowest BCUT2D eigenvalue weighted by molar-refractivity contribution is -0.139. The second kappa shape index (κ2) is 6.15. The summed E-state index contributed by atoms with van der Waals surface area (Å²) in [5.41, 5.74) is 0.434. The topological polar surface area (TPSA) is 66.4 Å². The lowest BCUT2D eigenvalue weighted by Gasteiger charge is -2.29. The van der Waals surface area contributed by atoms with Crippen molar-refractivity contribution in [2.75, 3.05) is 0 Å². The molecule has 0 radical (unpaired) electrons. The molecule has 0 bridgehead atoms. The van der Waals surface area contributed by atoms with E-state index >= 15 is 0 Å². The van der Waals surface area contributed by atoms with E-state index in [0.29, 0.717) is 5.56 Å². The van der Waals surface area contributed by atoms with Gasteiger partial charge in [0.25, 0.3) is 5.91 Å². The van der Waals surface area contributed by atoms with Crippen molar-refractivity contribution in [3.05, 3.63) is 35.9 Å². The summed E-state index contributed by atoms with van der Waals surface area (Å²) in [5, 5.41) is 11.7. The number of rotatable bonds is 5. The second-order valence-corrected chi connectivity index (χ2v) is 6.09. The van der Waals surface area contributed by atoms with Crippen LogP contribution in [-0.2, 0) is 4.79 Å². The molecule has 2 N–H and O–H groups in total. The number of carboxylic acid groups (broad SMARTS) is 1. The molecule has 1 rings (SSSR count). The van der Waals surface area contributed by atoms with E-state index in [1.54, 1.807) is 44.2 Å². The molecular formula is C12H15NO3S2. The zero-order valence-corrected chi connectivity index (χ0v) is 11.8. The molecule has 0 saturated heterocycles. The van der Waals surface area contributed by atoms with Gasteiger partial charge in [-0.2, -0.15) is 0 Å². The molecule has 1 atom stereocenters. The predicted molar refractivity (Wildman–Crippen MR) is 76.0 cm³/mol. The SMILES string of the molecule is CC(C)(SS)C(NC(=O)c1ccccc1)C(=O)O. The van der Waals surface area contributed by atoms with E-state index in [-0.39, 0.29) is 0 Å². The van der Waals surface area contributed by atoms with Gasteiger partial charge in [0.2, 0.25) is 0 Å². The van der Waals surface area contributed by atoms with Gasteiger partial charge >= 0.3 is 5.97 Å². The van der Waals surface area contributed by atoms with Gasteiger partial charge in [-0.1, -0.05) is 29.0 Å². The summed E-state index contributed by atoms with van der Waals surface area (Å²) in [6.07, 6.45) is 0. The molecule has 0 aromatic heterocycles. The Morgan fingerprint density at radius 2 is 1.89 bits per heavy atom. The molecule has 0 aliphatic rings. The predicted octanol–water partition coefficient (Wildman–Crippen LogP) is 2.23. The van der Waals surface area contributed by atoms with Crippen molar-refractivity contribution < 1.29 is 14.7 Å². The first-order chi connectivity index (χ1) is 8.38. The summed E-state index contributed by atoms with van der Waals surface area (Å²) in [5.74, 6) is -1.48. The molecule has 1 unspecified atom stereocenters. The zero-order chi connectivity index (χ0) is 13.8. The fourth-order valence-corrected chi connectivity index (χ4v) is 1.97. The van der Waals surface area contributed by atoms with Gasteiger partial charge in [0.1, 0.15) is 6.04 Å². The minimum absolute atomic E-state index is 0.404. The average Bonchev–Trinajstić information content (AvgIpc) is 2.36. The highest BCUT2D eigenvalue weighted by Gasteiger charge is 2.36. The lowest BCUT2D eigenvalue weighted by Crippen LogP contribution is -2.52. The van der Waals surface area contributed by atoms with Crippen LogP contribution in [0.5, 0.6) is 0 Å². The van der Waals surface area contributed by atoms with E-state index in [9.17, 15) is 14.7 Å². The van der Waals surface area contributed by atoms with E-state index in [1.165, 1.54) is 0 Å². The van der Waals surface area contributed by atoms with E-state index in [4.69, 9.17) is 0 Å². The Balaban J connectivity index is 2.86. The number of nitrogens with one attached hydrogen (secondary N) is 1. The van der Waals surface area contributed by atoms with Crippen LogP contribution in [0.15, 0.2) is 30.3 Å². The van der Waals surface area contributed by atoms with Crippen molar-refractivity contribution in [2.24, 2.45) is 0 Å². The molecule has 1 aromatic rings. The van der Waals surface area contributed by atoms with Crippen LogP contribution in [0.25, 0.3) is 0 Å². The summed E-state index contributed by atoms with van der Waals surface area (Å²) in [6.45, 7) is 3.43. The van der Waals surface area contributed by atoms with Gasteiger partial charge in [-0.3, -0.25) is 4.79 Å². The molecule has 1 aromatic carbocycles. The zero-order valence-electron chi connectivity index (χ0n) is 10.1. The van der Waals surface area contributed by atoms with Crippen LogP contribution in [0, 0.1) is 0 Å². The Morgan fingerprint density at radius 3 is 2.33 bits per heavy atom. The van der Waals surface area contributed by atoms with Crippen LogP contribution in [-0.4, -0.2) is 27.8 Å². The Labute approximate surface area is 115 Å². The van der Waals surface area contributed by atoms with Gasteiger partial charge in [0.05, 0.1) is 4.75 Å². The fraction of sp³-hybridized carbons (Fsp3) is 0.333. The summed E-state index contributed by atoms with van der Waals surface area (Å²) >= 11 is 4.05. The van der Waals surface area contributed by atoms with Crippen molar-refractivity contribution in [3.63, 3.8) is 0 Å². The number of amides is 1. The van der Waals surface area contributed by atoms with E-state index in [2.05, 4.69) is 17.0 Å². The van der Waals surface area contributed by atoms with E-state index < -0.39 is 22.7 Å². The maximum Gasteiger partial charge on any atom is 0.327 e. The van der Waals surface area contributed by atoms with Gasteiger partial charge < -0.3 is 10.4 Å². The third kappa shape index (κ3) is 3.68. The first kappa shape index (κ1) is 14.9. The number of thiol groups is 1. The Morgan fingerprint density at radius 1 is 1.33 bits per heavy atom. The molecule has 0 aliphatic carbocycles. The molecule has 0 saturated carbocycles. The second-order valence-electron chi connectivity index (χ2n) is 4.31. The molecule has 1 amide bonds. The van der Waals surface area contributed by atoms with Crippen LogP contribution in [0.1, 0.15) is 24.2 Å². The van der Waals surface area contributed by atoms with Crippen molar-refractivity contribution in [3.8, 4) is 0 Å². The first-order valence-electron chi connectivity index (χ1n) is 5.30. The smallest absolute Gasteiger partial charge is 0.327 e. The maximum atomic E-state index is 11.9. The number of benzene rings is 1. The van der Waals surface area contributed by atoms with Crippen LogP contribution in [0.3, 0.4) is 0 Å². The van der Waals surface area contributed by atoms with Gasteiger partial charge in [-0.05, 0) is 26.0 Å². The molecule has 0 aliphatic heterocycles. The van der Waals surface area contributed by atoms with Crippen molar-refractivity contribution in [1.29, 1.82) is 0 Å². The minimum atomic E-state index is -1.08. The first-order valence-corrected chi connectivity index (χ1v) is 7.16. The highest BCUT2D eigenvalue weighted by Crippen LogP contribution is 2.31. The summed E-state index contributed by atoms with van der Waals surface area (Å²) in [4.78, 5) is 23.1. The third-order valence-corrected chi connectivity index (χ3v) is 4.61. The van der Waals surface area contributed by atoms with E-state index in [1.807, 2.05) is 0 Å².